The van der Waals surface area contributed by atoms with Gasteiger partial charge in [0.2, 0.25) is 10.0 Å². The number of hydrogen-bond donors (Lipinski definition) is 1. The second-order valence-electron chi connectivity index (χ2n) is 2.84. The van der Waals surface area contributed by atoms with Crippen molar-refractivity contribution in [3.05, 3.63) is 18.0 Å². The molecular formula is C7H7N3O3S. The monoisotopic (exact) mass is 213 g/mol. The summed E-state index contributed by atoms with van der Waals surface area (Å²) in [7, 11) is -3.72. The van der Waals surface area contributed by atoms with E-state index in [1.807, 2.05) is 0 Å². The van der Waals surface area contributed by atoms with E-state index in [9.17, 15) is 8.42 Å². The summed E-state index contributed by atoms with van der Waals surface area (Å²) in [6, 6.07) is 1.39. The Morgan fingerprint density at radius 2 is 2.21 bits per heavy atom. The van der Waals surface area contributed by atoms with Gasteiger partial charge in [0.25, 0.3) is 5.71 Å². The molecule has 0 fully saturated rings. The molecule has 2 heterocycles. The summed E-state index contributed by atoms with van der Waals surface area (Å²) in [5.74, 6) is 0. The fraction of sp³-hybridized carbons (Fsp3) is 0.143. The second kappa shape index (κ2) is 2.76. The van der Waals surface area contributed by atoms with E-state index in [0.29, 0.717) is 16.8 Å². The van der Waals surface area contributed by atoms with Gasteiger partial charge in [0.05, 0.1) is 17.3 Å². The number of nitrogens with two attached hydrogens (primary N) is 1. The highest BCUT2D eigenvalue weighted by atomic mass is 32.2. The van der Waals surface area contributed by atoms with Crippen LogP contribution < -0.4 is 5.14 Å². The van der Waals surface area contributed by atoms with Gasteiger partial charge in [-0.25, -0.2) is 18.5 Å². The number of primary sulfonamides is 1. The van der Waals surface area contributed by atoms with Crippen molar-refractivity contribution >= 4 is 21.1 Å². The Morgan fingerprint density at radius 1 is 1.50 bits per heavy atom. The van der Waals surface area contributed by atoms with Crippen LogP contribution in [-0.2, 0) is 10.0 Å². The minimum Gasteiger partial charge on any atom is -0.336 e. The lowest BCUT2D eigenvalue weighted by molar-refractivity contribution is 0.442. The number of aryl methyl sites for hydroxylation is 1. The Balaban J connectivity index is 2.79. The van der Waals surface area contributed by atoms with Crippen LogP contribution in [0.3, 0.4) is 0 Å². The van der Waals surface area contributed by atoms with Crippen molar-refractivity contribution in [3.8, 4) is 0 Å². The molecule has 0 amide bonds. The second-order valence-corrected chi connectivity index (χ2v) is 4.40. The van der Waals surface area contributed by atoms with Gasteiger partial charge in [0, 0.05) is 0 Å². The van der Waals surface area contributed by atoms with Gasteiger partial charge in [0.1, 0.15) is 4.90 Å². The van der Waals surface area contributed by atoms with Crippen LogP contribution in [0.15, 0.2) is 21.7 Å². The summed E-state index contributed by atoms with van der Waals surface area (Å²) in [6.07, 6.45) is 1.14. The number of hydrogen-bond acceptors (Lipinski definition) is 5. The number of fused-ring (bicyclic) bond motifs is 1. The van der Waals surface area contributed by atoms with Gasteiger partial charge in [-0.3, -0.25) is 0 Å². The summed E-state index contributed by atoms with van der Waals surface area (Å²) in [4.78, 5) is 3.74. The van der Waals surface area contributed by atoms with Crippen LogP contribution in [0.25, 0.3) is 11.1 Å². The normalized spacial score (nSPS) is 12.1. The fourth-order valence-electron chi connectivity index (χ4n) is 1.08. The van der Waals surface area contributed by atoms with Crippen molar-refractivity contribution in [3.63, 3.8) is 0 Å². The first-order valence-corrected chi connectivity index (χ1v) is 5.28. The van der Waals surface area contributed by atoms with Crippen LogP contribution >= 0.6 is 0 Å². The Morgan fingerprint density at radius 3 is 2.86 bits per heavy atom. The van der Waals surface area contributed by atoms with Crippen LogP contribution in [0.4, 0.5) is 0 Å². The summed E-state index contributed by atoms with van der Waals surface area (Å²) < 4.78 is 26.8. The minimum absolute atomic E-state index is 0.0451. The van der Waals surface area contributed by atoms with Gasteiger partial charge in [0.15, 0.2) is 0 Å². The molecule has 2 N–H and O–H groups in total. The maximum Gasteiger partial charge on any atom is 0.257 e. The quantitative estimate of drug-likeness (QED) is 0.728. The van der Waals surface area contributed by atoms with Gasteiger partial charge in [-0.1, -0.05) is 5.16 Å². The third-order valence-corrected chi connectivity index (χ3v) is 2.69. The molecular weight excluding hydrogens is 206 g/mol. The molecule has 2 aromatic rings. The minimum atomic E-state index is -3.72. The molecule has 0 bridgehead atoms. The van der Waals surface area contributed by atoms with Gasteiger partial charge in [-0.2, -0.15) is 0 Å². The molecule has 0 aliphatic heterocycles. The predicted molar refractivity (Wildman–Crippen MR) is 47.9 cm³/mol. The SMILES string of the molecule is Cc1noc2ncc(S(N)(=O)=O)cc12. The number of rotatable bonds is 1. The van der Waals surface area contributed by atoms with Crippen molar-refractivity contribution < 1.29 is 12.9 Å². The standard InChI is InChI=1S/C7H7N3O3S/c1-4-6-2-5(14(8,11)12)3-9-7(6)13-10-4/h2-3H,1H3,(H2,8,11,12). The van der Waals surface area contributed by atoms with Crippen LogP contribution in [0.5, 0.6) is 0 Å². The number of aromatic nitrogens is 2. The molecule has 2 aromatic heterocycles. The zero-order chi connectivity index (χ0) is 10.3. The average molecular weight is 213 g/mol. The molecule has 2 rings (SSSR count). The third-order valence-electron chi connectivity index (χ3n) is 1.81. The van der Waals surface area contributed by atoms with Crippen LogP contribution in [0.2, 0.25) is 0 Å². The van der Waals surface area contributed by atoms with E-state index in [0.717, 1.165) is 6.20 Å². The van der Waals surface area contributed by atoms with E-state index in [1.54, 1.807) is 6.92 Å². The zero-order valence-corrected chi connectivity index (χ0v) is 8.08. The molecule has 0 saturated carbocycles. The molecule has 0 unspecified atom stereocenters. The molecule has 0 saturated heterocycles. The maximum absolute atomic E-state index is 11.0. The Bertz CT molecular complexity index is 587. The number of nitrogens with zero attached hydrogens (tertiary/aromatic N) is 2. The Hall–Kier alpha value is -1.47. The molecule has 0 atom stereocenters. The van der Waals surface area contributed by atoms with Crippen molar-refractivity contribution in [2.75, 3.05) is 0 Å². The van der Waals surface area contributed by atoms with Crippen LogP contribution in [0.1, 0.15) is 5.69 Å². The topological polar surface area (TPSA) is 99.1 Å². The van der Waals surface area contributed by atoms with E-state index in [1.165, 1.54) is 6.07 Å². The Kier molecular flexibility index (Phi) is 1.79. The lowest BCUT2D eigenvalue weighted by atomic mass is 10.3. The summed E-state index contributed by atoms with van der Waals surface area (Å²) in [5.41, 5.74) is 0.882. The van der Waals surface area contributed by atoms with Gasteiger partial charge < -0.3 is 4.52 Å². The molecule has 0 spiro atoms. The van der Waals surface area contributed by atoms with E-state index < -0.39 is 10.0 Å². The first kappa shape index (κ1) is 9.10. The van der Waals surface area contributed by atoms with E-state index in [2.05, 4.69) is 10.1 Å². The van der Waals surface area contributed by atoms with Gasteiger partial charge in [-0.15, -0.1) is 0 Å². The smallest absolute Gasteiger partial charge is 0.257 e. The highest BCUT2D eigenvalue weighted by molar-refractivity contribution is 7.89. The van der Waals surface area contributed by atoms with E-state index in [-0.39, 0.29) is 4.90 Å². The molecule has 0 radical (unpaired) electrons. The average Bonchev–Trinajstić information content (AvgIpc) is 2.46. The van der Waals surface area contributed by atoms with Gasteiger partial charge in [-0.05, 0) is 13.0 Å². The summed E-state index contributed by atoms with van der Waals surface area (Å²) >= 11 is 0. The van der Waals surface area contributed by atoms with Crippen LogP contribution in [0, 0.1) is 6.92 Å². The molecule has 74 valence electrons. The molecule has 6 nitrogen and oxygen atoms in total. The largest absolute Gasteiger partial charge is 0.336 e. The number of pyridine rings is 1. The fourth-order valence-corrected chi connectivity index (χ4v) is 1.56. The van der Waals surface area contributed by atoms with Gasteiger partial charge >= 0.3 is 0 Å². The molecule has 7 heteroatoms. The van der Waals surface area contributed by atoms with Crippen molar-refractivity contribution in [2.24, 2.45) is 5.14 Å². The third kappa shape index (κ3) is 1.36. The van der Waals surface area contributed by atoms with Crippen molar-refractivity contribution in [1.29, 1.82) is 0 Å². The highest BCUT2D eigenvalue weighted by Gasteiger charge is 2.12. The Labute approximate surface area is 79.8 Å². The van der Waals surface area contributed by atoms with E-state index >= 15 is 0 Å². The maximum atomic E-state index is 11.0. The molecule has 14 heavy (non-hydrogen) atoms. The number of sulfonamides is 1. The first-order chi connectivity index (χ1) is 6.48. The van der Waals surface area contributed by atoms with E-state index in [4.69, 9.17) is 9.66 Å². The highest BCUT2D eigenvalue weighted by Crippen LogP contribution is 2.18. The lowest BCUT2D eigenvalue weighted by Gasteiger charge is -1.95. The lowest BCUT2D eigenvalue weighted by Crippen LogP contribution is -2.12. The summed E-state index contributed by atoms with van der Waals surface area (Å²) in [5, 5.41) is 9.15. The molecule has 0 aromatic carbocycles. The zero-order valence-electron chi connectivity index (χ0n) is 7.26. The molecule has 0 aliphatic carbocycles. The molecule has 0 aliphatic rings. The first-order valence-electron chi connectivity index (χ1n) is 3.73. The van der Waals surface area contributed by atoms with Crippen molar-refractivity contribution in [1.82, 2.24) is 10.1 Å². The van der Waals surface area contributed by atoms with Crippen molar-refractivity contribution in [2.45, 2.75) is 11.8 Å². The predicted octanol–water partition coefficient (Wildman–Crippen LogP) is 0.179. The van der Waals surface area contributed by atoms with Crippen LogP contribution in [-0.4, -0.2) is 18.6 Å². The summed E-state index contributed by atoms with van der Waals surface area (Å²) in [6.45, 7) is 1.69.